The highest BCUT2D eigenvalue weighted by Crippen LogP contribution is 2.30. The fourth-order valence-electron chi connectivity index (χ4n) is 2.44. The molecule has 0 spiro atoms. The van der Waals surface area contributed by atoms with E-state index in [0.29, 0.717) is 18.6 Å². The number of hydrogen-bond donors (Lipinski definition) is 2. The van der Waals surface area contributed by atoms with Crippen LogP contribution < -0.4 is 10.2 Å². The first-order chi connectivity index (χ1) is 8.65. The number of anilines is 1. The zero-order valence-corrected chi connectivity index (χ0v) is 12.6. The van der Waals surface area contributed by atoms with E-state index in [0.717, 1.165) is 24.0 Å². The lowest BCUT2D eigenvalue weighted by Crippen LogP contribution is -2.21. The first-order valence-corrected chi connectivity index (χ1v) is 7.27. The van der Waals surface area contributed by atoms with Gasteiger partial charge in [0.15, 0.2) is 0 Å². The van der Waals surface area contributed by atoms with Crippen molar-refractivity contribution in [2.24, 2.45) is 5.92 Å². The van der Waals surface area contributed by atoms with Crippen molar-refractivity contribution in [1.82, 2.24) is 5.32 Å². The van der Waals surface area contributed by atoms with E-state index in [1.807, 2.05) is 7.05 Å². The maximum atomic E-state index is 9.19. The van der Waals surface area contributed by atoms with Gasteiger partial charge in [0.25, 0.3) is 0 Å². The van der Waals surface area contributed by atoms with Crippen LogP contribution in [0.25, 0.3) is 0 Å². The van der Waals surface area contributed by atoms with Crippen molar-refractivity contribution in [2.45, 2.75) is 19.4 Å². The standard InChI is InChI=1S/C14H21BrN2O/c1-10(16-2)13-4-3-12(7-14(13)15)17-6-5-11(8-17)9-18/h3-4,7,10-11,16,18H,5-6,8-9H2,1-2H3. The summed E-state index contributed by atoms with van der Waals surface area (Å²) in [6.07, 6.45) is 1.09. The van der Waals surface area contributed by atoms with E-state index in [9.17, 15) is 5.11 Å². The van der Waals surface area contributed by atoms with E-state index in [2.05, 4.69) is 51.3 Å². The predicted molar refractivity (Wildman–Crippen MR) is 79.0 cm³/mol. The molecule has 2 atom stereocenters. The van der Waals surface area contributed by atoms with Gasteiger partial charge < -0.3 is 15.3 Å². The van der Waals surface area contributed by atoms with Gasteiger partial charge in [-0.05, 0) is 38.1 Å². The summed E-state index contributed by atoms with van der Waals surface area (Å²) in [6, 6.07) is 6.88. The highest BCUT2D eigenvalue weighted by atomic mass is 79.9. The molecule has 1 aliphatic rings. The highest BCUT2D eigenvalue weighted by Gasteiger charge is 2.22. The molecule has 3 nitrogen and oxygen atoms in total. The molecule has 1 aromatic carbocycles. The lowest BCUT2D eigenvalue weighted by Gasteiger charge is -2.21. The Morgan fingerprint density at radius 2 is 2.33 bits per heavy atom. The Morgan fingerprint density at radius 3 is 2.89 bits per heavy atom. The largest absolute Gasteiger partial charge is 0.396 e. The second-order valence-corrected chi connectivity index (χ2v) is 5.85. The van der Waals surface area contributed by atoms with Gasteiger partial charge in [0, 0.05) is 41.8 Å². The summed E-state index contributed by atoms with van der Waals surface area (Å²) in [4.78, 5) is 2.35. The first kappa shape index (κ1) is 13.8. The normalized spacial score (nSPS) is 21.3. The zero-order valence-electron chi connectivity index (χ0n) is 11.0. The number of halogens is 1. The minimum absolute atomic E-state index is 0.298. The third-order valence-corrected chi connectivity index (χ3v) is 4.48. The van der Waals surface area contributed by atoms with Crippen LogP contribution in [0.3, 0.4) is 0 Å². The van der Waals surface area contributed by atoms with Gasteiger partial charge in [-0.1, -0.05) is 22.0 Å². The Morgan fingerprint density at radius 1 is 1.56 bits per heavy atom. The van der Waals surface area contributed by atoms with Gasteiger partial charge in [-0.25, -0.2) is 0 Å². The fraction of sp³-hybridized carbons (Fsp3) is 0.571. The lowest BCUT2D eigenvalue weighted by molar-refractivity contribution is 0.238. The molecule has 0 aromatic heterocycles. The van der Waals surface area contributed by atoms with Gasteiger partial charge >= 0.3 is 0 Å². The van der Waals surface area contributed by atoms with Crippen LogP contribution in [0.1, 0.15) is 24.9 Å². The molecule has 100 valence electrons. The van der Waals surface area contributed by atoms with Gasteiger partial charge in [0.05, 0.1) is 0 Å². The fourth-order valence-corrected chi connectivity index (χ4v) is 3.15. The summed E-state index contributed by atoms with van der Waals surface area (Å²) in [5.74, 6) is 0.430. The number of hydrogen-bond acceptors (Lipinski definition) is 3. The molecule has 2 N–H and O–H groups in total. The summed E-state index contributed by atoms with van der Waals surface area (Å²) in [6.45, 7) is 4.45. The van der Waals surface area contributed by atoms with Crippen molar-refractivity contribution in [2.75, 3.05) is 31.6 Å². The van der Waals surface area contributed by atoms with Gasteiger partial charge in [0.2, 0.25) is 0 Å². The third kappa shape index (κ3) is 2.87. The van der Waals surface area contributed by atoms with E-state index >= 15 is 0 Å². The van der Waals surface area contributed by atoms with Crippen LogP contribution in [0.4, 0.5) is 5.69 Å². The third-order valence-electron chi connectivity index (χ3n) is 3.79. The van der Waals surface area contributed by atoms with Crippen molar-refractivity contribution in [3.05, 3.63) is 28.2 Å². The topological polar surface area (TPSA) is 35.5 Å². The van der Waals surface area contributed by atoms with E-state index in [4.69, 9.17) is 0 Å². The number of nitrogens with one attached hydrogen (secondary N) is 1. The Hall–Kier alpha value is -0.580. The molecule has 0 amide bonds. The van der Waals surface area contributed by atoms with E-state index < -0.39 is 0 Å². The summed E-state index contributed by atoms with van der Waals surface area (Å²) in [5, 5.41) is 12.4. The quantitative estimate of drug-likeness (QED) is 0.897. The number of aliphatic hydroxyl groups excluding tert-OH is 1. The van der Waals surface area contributed by atoms with Gasteiger partial charge in [-0.2, -0.15) is 0 Å². The van der Waals surface area contributed by atoms with Crippen molar-refractivity contribution in [1.29, 1.82) is 0 Å². The van der Waals surface area contributed by atoms with Crippen LogP contribution in [-0.4, -0.2) is 31.9 Å². The molecule has 2 unspecified atom stereocenters. The molecule has 0 radical (unpaired) electrons. The molecule has 1 aromatic rings. The molecule has 0 saturated carbocycles. The zero-order chi connectivity index (χ0) is 13.1. The van der Waals surface area contributed by atoms with E-state index in [1.54, 1.807) is 0 Å². The Bertz CT molecular complexity index is 411. The average Bonchev–Trinajstić information content (AvgIpc) is 2.86. The van der Waals surface area contributed by atoms with Crippen LogP contribution in [-0.2, 0) is 0 Å². The molecule has 1 fully saturated rings. The maximum Gasteiger partial charge on any atom is 0.0476 e. The second kappa shape index (κ2) is 6.04. The number of benzene rings is 1. The molecule has 1 saturated heterocycles. The van der Waals surface area contributed by atoms with Crippen LogP contribution in [0.15, 0.2) is 22.7 Å². The van der Waals surface area contributed by atoms with Gasteiger partial charge in [-0.3, -0.25) is 0 Å². The molecule has 0 bridgehead atoms. The molecular weight excluding hydrogens is 292 g/mol. The molecule has 1 aliphatic heterocycles. The number of nitrogens with zero attached hydrogens (tertiary/aromatic N) is 1. The molecule has 0 aliphatic carbocycles. The minimum Gasteiger partial charge on any atom is -0.396 e. The van der Waals surface area contributed by atoms with Crippen molar-refractivity contribution in [3.8, 4) is 0 Å². The monoisotopic (exact) mass is 312 g/mol. The Labute approximate surface area is 117 Å². The van der Waals surface area contributed by atoms with Crippen molar-refractivity contribution < 1.29 is 5.11 Å². The lowest BCUT2D eigenvalue weighted by atomic mass is 10.1. The van der Waals surface area contributed by atoms with Crippen LogP contribution >= 0.6 is 15.9 Å². The Balaban J connectivity index is 2.14. The molecule has 4 heteroatoms. The molecule has 1 heterocycles. The summed E-state index contributed by atoms with van der Waals surface area (Å²) < 4.78 is 1.15. The second-order valence-electron chi connectivity index (χ2n) is 5.00. The minimum atomic E-state index is 0.298. The summed E-state index contributed by atoms with van der Waals surface area (Å²) >= 11 is 3.65. The maximum absolute atomic E-state index is 9.19. The van der Waals surface area contributed by atoms with Crippen LogP contribution in [0, 0.1) is 5.92 Å². The molecular formula is C14H21BrN2O. The average molecular weight is 313 g/mol. The molecule has 18 heavy (non-hydrogen) atoms. The smallest absolute Gasteiger partial charge is 0.0476 e. The summed E-state index contributed by atoms with van der Waals surface area (Å²) in [5.41, 5.74) is 2.52. The number of aliphatic hydroxyl groups is 1. The van der Waals surface area contributed by atoms with Crippen LogP contribution in [0.2, 0.25) is 0 Å². The molecule has 2 rings (SSSR count). The van der Waals surface area contributed by atoms with Gasteiger partial charge in [0.1, 0.15) is 0 Å². The van der Waals surface area contributed by atoms with Gasteiger partial charge in [-0.15, -0.1) is 0 Å². The van der Waals surface area contributed by atoms with Crippen molar-refractivity contribution >= 4 is 21.6 Å². The van der Waals surface area contributed by atoms with E-state index in [-0.39, 0.29) is 0 Å². The highest BCUT2D eigenvalue weighted by molar-refractivity contribution is 9.10. The van der Waals surface area contributed by atoms with Crippen molar-refractivity contribution in [3.63, 3.8) is 0 Å². The van der Waals surface area contributed by atoms with E-state index in [1.165, 1.54) is 11.3 Å². The number of rotatable bonds is 4. The Kier molecular flexibility index (Phi) is 4.65. The summed E-state index contributed by atoms with van der Waals surface area (Å²) in [7, 11) is 1.97. The van der Waals surface area contributed by atoms with Crippen LogP contribution in [0.5, 0.6) is 0 Å². The first-order valence-electron chi connectivity index (χ1n) is 6.48. The SMILES string of the molecule is CNC(C)c1ccc(N2CCC(CO)C2)cc1Br. The predicted octanol–water partition coefficient (Wildman–Crippen LogP) is 2.55.